The Hall–Kier alpha value is -3.20. The molecule has 0 spiro atoms. The standard InChI is InChI=1S/C21H21N3O5S/c25-20-11-10-19(23-24(20)16-12-13-30(27,28)14-16)21(26)22-15-6-8-18(9-7-15)29-17-4-2-1-3-5-17/h1-9,16H,10-14H2,(H,22,26). The molecule has 0 radical (unpaired) electrons. The third-order valence-corrected chi connectivity index (χ3v) is 6.72. The van der Waals surface area contributed by atoms with Gasteiger partial charge in [-0.2, -0.15) is 5.10 Å². The van der Waals surface area contributed by atoms with Crippen LogP contribution in [-0.4, -0.2) is 48.5 Å². The second kappa shape index (κ2) is 8.27. The smallest absolute Gasteiger partial charge is 0.271 e. The van der Waals surface area contributed by atoms with Gasteiger partial charge in [0.1, 0.15) is 17.2 Å². The van der Waals surface area contributed by atoms with E-state index in [1.807, 2.05) is 30.3 Å². The molecule has 1 atom stereocenters. The molecule has 30 heavy (non-hydrogen) atoms. The van der Waals surface area contributed by atoms with Gasteiger partial charge in [0.25, 0.3) is 5.91 Å². The molecule has 1 fully saturated rings. The number of ether oxygens (including phenoxy) is 1. The summed E-state index contributed by atoms with van der Waals surface area (Å²) in [6, 6.07) is 15.8. The summed E-state index contributed by atoms with van der Waals surface area (Å²) in [4.78, 5) is 24.8. The molecule has 2 aromatic rings. The minimum absolute atomic E-state index is 0.0376. The Morgan fingerprint density at radius 3 is 2.40 bits per heavy atom. The molecule has 1 unspecified atom stereocenters. The zero-order valence-electron chi connectivity index (χ0n) is 16.2. The van der Waals surface area contributed by atoms with Gasteiger partial charge in [0.15, 0.2) is 9.84 Å². The van der Waals surface area contributed by atoms with Crippen LogP contribution >= 0.6 is 0 Å². The number of carbonyl (C=O) groups is 2. The summed E-state index contributed by atoms with van der Waals surface area (Å²) in [5.74, 6) is 0.606. The summed E-state index contributed by atoms with van der Waals surface area (Å²) in [7, 11) is -3.16. The van der Waals surface area contributed by atoms with Gasteiger partial charge in [0.2, 0.25) is 5.91 Å². The van der Waals surface area contributed by atoms with Gasteiger partial charge in [0.05, 0.1) is 17.5 Å². The minimum atomic E-state index is -3.16. The first-order valence-corrected chi connectivity index (χ1v) is 11.5. The molecule has 0 bridgehead atoms. The number of sulfone groups is 1. The Bertz CT molecular complexity index is 1080. The molecule has 8 nitrogen and oxygen atoms in total. The maximum absolute atomic E-state index is 12.6. The largest absolute Gasteiger partial charge is 0.457 e. The van der Waals surface area contributed by atoms with Crippen LogP contribution < -0.4 is 10.1 Å². The van der Waals surface area contributed by atoms with E-state index in [9.17, 15) is 18.0 Å². The molecule has 0 aromatic heterocycles. The first-order valence-electron chi connectivity index (χ1n) is 9.64. The van der Waals surface area contributed by atoms with Crippen LogP contribution in [0, 0.1) is 0 Å². The Balaban J connectivity index is 1.41. The second-order valence-electron chi connectivity index (χ2n) is 7.24. The average Bonchev–Trinajstić information content (AvgIpc) is 3.10. The van der Waals surface area contributed by atoms with Crippen molar-refractivity contribution in [2.45, 2.75) is 25.3 Å². The van der Waals surface area contributed by atoms with E-state index in [0.717, 1.165) is 0 Å². The van der Waals surface area contributed by atoms with Gasteiger partial charge in [-0.05, 0) is 42.8 Å². The molecule has 2 aromatic carbocycles. The lowest BCUT2D eigenvalue weighted by atomic mass is 10.1. The number of hydrogen-bond donors (Lipinski definition) is 1. The zero-order chi connectivity index (χ0) is 21.1. The number of carbonyl (C=O) groups excluding carboxylic acids is 2. The highest BCUT2D eigenvalue weighted by Crippen LogP contribution is 2.24. The Morgan fingerprint density at radius 2 is 1.73 bits per heavy atom. The molecule has 0 saturated carbocycles. The molecule has 156 valence electrons. The number of rotatable bonds is 5. The van der Waals surface area contributed by atoms with Crippen molar-refractivity contribution in [3.05, 3.63) is 54.6 Å². The van der Waals surface area contributed by atoms with E-state index in [0.29, 0.717) is 23.6 Å². The molecule has 2 aliphatic rings. The van der Waals surface area contributed by atoms with Crippen LogP contribution in [0.3, 0.4) is 0 Å². The molecular weight excluding hydrogens is 406 g/mol. The van der Waals surface area contributed by atoms with E-state index in [4.69, 9.17) is 4.74 Å². The van der Waals surface area contributed by atoms with Crippen molar-refractivity contribution >= 4 is 33.1 Å². The van der Waals surface area contributed by atoms with Crippen LogP contribution in [0.4, 0.5) is 5.69 Å². The molecule has 1 saturated heterocycles. The fourth-order valence-corrected chi connectivity index (χ4v) is 5.11. The summed E-state index contributed by atoms with van der Waals surface area (Å²) in [5.41, 5.74) is 0.776. The highest BCUT2D eigenvalue weighted by molar-refractivity contribution is 7.91. The van der Waals surface area contributed by atoms with Crippen LogP contribution in [0.15, 0.2) is 59.7 Å². The molecule has 0 aliphatic carbocycles. The number of para-hydroxylation sites is 1. The summed E-state index contributed by atoms with van der Waals surface area (Å²) in [6.07, 6.45) is 0.692. The summed E-state index contributed by atoms with van der Waals surface area (Å²) in [5, 5.41) is 8.12. The van der Waals surface area contributed by atoms with Crippen LogP contribution in [0.2, 0.25) is 0 Å². The van der Waals surface area contributed by atoms with Gasteiger partial charge < -0.3 is 10.1 Å². The number of benzene rings is 2. The first kappa shape index (κ1) is 20.1. The third kappa shape index (κ3) is 4.68. The van der Waals surface area contributed by atoms with E-state index in [2.05, 4.69) is 10.4 Å². The van der Waals surface area contributed by atoms with Crippen LogP contribution in [0.5, 0.6) is 11.5 Å². The third-order valence-electron chi connectivity index (χ3n) is 4.97. The normalized spacial score (nSPS) is 20.5. The Morgan fingerprint density at radius 1 is 1.03 bits per heavy atom. The monoisotopic (exact) mass is 427 g/mol. The number of amides is 2. The van der Waals surface area contributed by atoms with Crippen molar-refractivity contribution in [1.29, 1.82) is 0 Å². The Kier molecular flexibility index (Phi) is 5.54. The highest BCUT2D eigenvalue weighted by atomic mass is 32.2. The fourth-order valence-electron chi connectivity index (χ4n) is 3.42. The highest BCUT2D eigenvalue weighted by Gasteiger charge is 2.37. The van der Waals surface area contributed by atoms with E-state index < -0.39 is 21.8 Å². The van der Waals surface area contributed by atoms with Crippen LogP contribution in [0.1, 0.15) is 19.3 Å². The van der Waals surface area contributed by atoms with E-state index >= 15 is 0 Å². The fraction of sp³-hybridized carbons (Fsp3) is 0.286. The SMILES string of the molecule is O=C(Nc1ccc(Oc2ccccc2)cc1)C1=NN(C2CCS(=O)(=O)C2)C(=O)CC1. The predicted octanol–water partition coefficient (Wildman–Crippen LogP) is 2.58. The van der Waals surface area contributed by atoms with Gasteiger partial charge in [-0.1, -0.05) is 18.2 Å². The van der Waals surface area contributed by atoms with Gasteiger partial charge in [-0.15, -0.1) is 0 Å². The average molecular weight is 427 g/mol. The summed E-state index contributed by atoms with van der Waals surface area (Å²) in [6.45, 7) is 0. The maximum atomic E-state index is 12.6. The minimum Gasteiger partial charge on any atom is -0.457 e. The lowest BCUT2D eigenvalue weighted by Gasteiger charge is -2.27. The van der Waals surface area contributed by atoms with Gasteiger partial charge in [-0.3, -0.25) is 9.59 Å². The second-order valence-corrected chi connectivity index (χ2v) is 9.46. The molecule has 2 aliphatic heterocycles. The molecule has 4 rings (SSSR count). The maximum Gasteiger partial charge on any atom is 0.271 e. The van der Waals surface area contributed by atoms with E-state index in [-0.39, 0.29) is 36.0 Å². The number of hydrazone groups is 1. The quantitative estimate of drug-likeness (QED) is 0.790. The Labute approximate surface area is 174 Å². The van der Waals surface area contributed by atoms with Crippen molar-refractivity contribution < 1.29 is 22.7 Å². The van der Waals surface area contributed by atoms with Gasteiger partial charge in [-0.25, -0.2) is 13.4 Å². The summed E-state index contributed by atoms with van der Waals surface area (Å²) >= 11 is 0. The van der Waals surface area contributed by atoms with Crippen molar-refractivity contribution in [3.8, 4) is 11.5 Å². The van der Waals surface area contributed by atoms with Crippen molar-refractivity contribution in [1.82, 2.24) is 5.01 Å². The number of nitrogens with zero attached hydrogens (tertiary/aromatic N) is 2. The van der Waals surface area contributed by atoms with Gasteiger partial charge >= 0.3 is 0 Å². The molecule has 1 N–H and O–H groups in total. The van der Waals surface area contributed by atoms with Gasteiger partial charge in [0, 0.05) is 18.5 Å². The predicted molar refractivity (Wildman–Crippen MR) is 112 cm³/mol. The van der Waals surface area contributed by atoms with E-state index in [1.165, 1.54) is 5.01 Å². The lowest BCUT2D eigenvalue weighted by Crippen LogP contribution is -2.42. The molecular formula is C21H21N3O5S. The van der Waals surface area contributed by atoms with Crippen molar-refractivity contribution in [3.63, 3.8) is 0 Å². The van der Waals surface area contributed by atoms with E-state index in [1.54, 1.807) is 24.3 Å². The first-order chi connectivity index (χ1) is 14.4. The summed E-state index contributed by atoms with van der Waals surface area (Å²) < 4.78 is 29.2. The zero-order valence-corrected chi connectivity index (χ0v) is 17.0. The molecule has 2 heterocycles. The number of nitrogens with one attached hydrogen (secondary N) is 1. The molecule has 9 heteroatoms. The molecule has 2 amide bonds. The topological polar surface area (TPSA) is 105 Å². The van der Waals surface area contributed by atoms with Crippen LogP contribution in [0.25, 0.3) is 0 Å². The van der Waals surface area contributed by atoms with Crippen molar-refractivity contribution in [2.24, 2.45) is 5.10 Å². The number of anilines is 1. The number of hydrogen-bond acceptors (Lipinski definition) is 6. The van der Waals surface area contributed by atoms with Crippen molar-refractivity contribution in [2.75, 3.05) is 16.8 Å². The lowest BCUT2D eigenvalue weighted by molar-refractivity contribution is -0.133. The van der Waals surface area contributed by atoms with Crippen LogP contribution in [-0.2, 0) is 19.4 Å².